The maximum absolute atomic E-state index is 12.3. The van der Waals surface area contributed by atoms with Gasteiger partial charge in [0.05, 0.1) is 26.4 Å². The molecule has 0 aliphatic carbocycles. The minimum absolute atomic E-state index is 0.220. The van der Waals surface area contributed by atoms with Crippen molar-refractivity contribution >= 4 is 45.0 Å². The van der Waals surface area contributed by atoms with Gasteiger partial charge in [-0.25, -0.2) is 0 Å². The van der Waals surface area contributed by atoms with Gasteiger partial charge in [0.15, 0.2) is 0 Å². The molecule has 0 saturated carbocycles. The Morgan fingerprint density at radius 3 is 2.43 bits per heavy atom. The largest absolute Gasteiger partial charge is 0.274 e. The molecule has 2 amide bonds. The summed E-state index contributed by atoms with van der Waals surface area (Å²) in [5.41, 5.74) is 1.82. The molecule has 0 unspecified atom stereocenters. The van der Waals surface area contributed by atoms with E-state index in [4.69, 9.17) is 11.6 Å². The van der Waals surface area contributed by atoms with E-state index in [2.05, 4.69) is 4.98 Å². The Hall–Kier alpha value is -2.24. The smallest absolute Gasteiger partial charge is 0.261 e. The van der Waals surface area contributed by atoms with Gasteiger partial charge < -0.3 is 0 Å². The minimum atomic E-state index is -0.220. The number of carbonyl (C=O) groups excluding carboxylic acids is 2. The summed E-state index contributed by atoms with van der Waals surface area (Å²) in [4.78, 5) is 31.3. The van der Waals surface area contributed by atoms with E-state index in [1.807, 2.05) is 6.07 Å². The highest BCUT2D eigenvalue weighted by Gasteiger charge is 2.34. The second-order valence-corrected chi connectivity index (χ2v) is 6.82. The van der Waals surface area contributed by atoms with Crippen LogP contribution in [0.4, 0.5) is 0 Å². The SMILES string of the molecule is O=C1c2ccccc2C(=O)N1CCc1cc2nccc(Cl)c2s1. The molecule has 2 aromatic heterocycles. The van der Waals surface area contributed by atoms with Gasteiger partial charge in [0.2, 0.25) is 0 Å². The van der Waals surface area contributed by atoms with Crippen LogP contribution in [0.5, 0.6) is 0 Å². The van der Waals surface area contributed by atoms with Crippen molar-refractivity contribution in [3.05, 3.63) is 63.6 Å². The molecular weight excluding hydrogens is 332 g/mol. The molecule has 1 aliphatic rings. The van der Waals surface area contributed by atoms with Crippen LogP contribution in [0.15, 0.2) is 42.6 Å². The molecule has 0 spiro atoms. The lowest BCUT2D eigenvalue weighted by atomic mass is 10.1. The monoisotopic (exact) mass is 342 g/mol. The molecule has 1 aliphatic heterocycles. The number of halogens is 1. The molecule has 4 nitrogen and oxygen atoms in total. The summed E-state index contributed by atoms with van der Waals surface area (Å²) in [6.45, 7) is 0.358. The van der Waals surface area contributed by atoms with Gasteiger partial charge in [0.1, 0.15) is 0 Å². The first kappa shape index (κ1) is 14.4. The number of hydrogen-bond acceptors (Lipinski definition) is 4. The molecule has 114 valence electrons. The Morgan fingerprint density at radius 1 is 1.09 bits per heavy atom. The fourth-order valence-corrected chi connectivity index (χ4v) is 4.02. The first-order valence-electron chi connectivity index (χ1n) is 7.13. The number of pyridine rings is 1. The number of fused-ring (bicyclic) bond motifs is 2. The maximum atomic E-state index is 12.3. The highest BCUT2D eigenvalue weighted by Crippen LogP contribution is 2.31. The summed E-state index contributed by atoms with van der Waals surface area (Å²) < 4.78 is 0.937. The first-order valence-corrected chi connectivity index (χ1v) is 8.33. The lowest BCUT2D eigenvalue weighted by Gasteiger charge is -2.12. The number of hydrogen-bond donors (Lipinski definition) is 0. The second-order valence-electron chi connectivity index (χ2n) is 5.28. The van der Waals surface area contributed by atoms with E-state index in [1.54, 1.807) is 47.9 Å². The molecule has 4 rings (SSSR count). The van der Waals surface area contributed by atoms with Crippen molar-refractivity contribution in [1.82, 2.24) is 9.88 Å². The van der Waals surface area contributed by atoms with Crippen LogP contribution < -0.4 is 0 Å². The molecular formula is C17H11ClN2O2S. The van der Waals surface area contributed by atoms with Crippen molar-refractivity contribution in [1.29, 1.82) is 0 Å². The average molecular weight is 343 g/mol. The summed E-state index contributed by atoms with van der Waals surface area (Å²) >= 11 is 7.71. The Labute approximate surface area is 141 Å². The van der Waals surface area contributed by atoms with Gasteiger partial charge in [0, 0.05) is 24.0 Å². The molecule has 3 aromatic rings. The van der Waals surface area contributed by atoms with Gasteiger partial charge in [0.25, 0.3) is 11.8 Å². The van der Waals surface area contributed by atoms with Gasteiger partial charge in [-0.2, -0.15) is 0 Å². The zero-order chi connectivity index (χ0) is 16.0. The zero-order valence-electron chi connectivity index (χ0n) is 12.0. The topological polar surface area (TPSA) is 50.3 Å². The quantitative estimate of drug-likeness (QED) is 0.680. The fourth-order valence-electron chi connectivity index (χ4n) is 2.74. The van der Waals surface area contributed by atoms with Crippen molar-refractivity contribution in [3.8, 4) is 0 Å². The maximum Gasteiger partial charge on any atom is 0.261 e. The highest BCUT2D eigenvalue weighted by atomic mass is 35.5. The Kier molecular flexibility index (Phi) is 3.39. The molecule has 0 saturated heterocycles. The van der Waals surface area contributed by atoms with Gasteiger partial charge in [-0.05, 0) is 24.3 Å². The number of rotatable bonds is 3. The van der Waals surface area contributed by atoms with E-state index in [-0.39, 0.29) is 11.8 Å². The third-order valence-corrected chi connectivity index (χ3v) is 5.52. The standard InChI is InChI=1S/C17H11ClN2O2S/c18-13-5-7-19-14-9-10(23-15(13)14)6-8-20-16(21)11-3-1-2-4-12(11)17(20)22/h1-5,7,9H,6,8H2. The molecule has 6 heteroatoms. The second kappa shape index (κ2) is 5.44. The van der Waals surface area contributed by atoms with E-state index in [9.17, 15) is 9.59 Å². The number of thiophene rings is 1. The van der Waals surface area contributed by atoms with Crippen LogP contribution in [0.25, 0.3) is 10.2 Å². The molecule has 3 heterocycles. The van der Waals surface area contributed by atoms with Crippen molar-refractivity contribution in [2.45, 2.75) is 6.42 Å². The zero-order valence-corrected chi connectivity index (χ0v) is 13.5. The van der Waals surface area contributed by atoms with Gasteiger partial charge in [-0.3, -0.25) is 19.5 Å². The van der Waals surface area contributed by atoms with E-state index in [1.165, 1.54) is 4.90 Å². The Morgan fingerprint density at radius 2 is 1.78 bits per heavy atom. The third kappa shape index (κ3) is 2.33. The van der Waals surface area contributed by atoms with Crippen LogP contribution in [-0.4, -0.2) is 28.2 Å². The number of amides is 2. The molecule has 0 fully saturated rings. The van der Waals surface area contributed by atoms with Crippen LogP contribution in [0, 0.1) is 0 Å². The van der Waals surface area contributed by atoms with Crippen molar-refractivity contribution in [3.63, 3.8) is 0 Å². The number of imide groups is 1. The molecule has 0 N–H and O–H groups in total. The van der Waals surface area contributed by atoms with Crippen LogP contribution in [-0.2, 0) is 6.42 Å². The van der Waals surface area contributed by atoms with E-state index in [0.717, 1.165) is 15.1 Å². The van der Waals surface area contributed by atoms with E-state index < -0.39 is 0 Å². The Bertz CT molecular complexity index is 916. The number of aromatic nitrogens is 1. The number of benzene rings is 1. The molecule has 0 radical (unpaired) electrons. The minimum Gasteiger partial charge on any atom is -0.274 e. The summed E-state index contributed by atoms with van der Waals surface area (Å²) in [7, 11) is 0. The van der Waals surface area contributed by atoms with Crippen molar-refractivity contribution in [2.24, 2.45) is 0 Å². The Balaban J connectivity index is 1.56. The number of carbonyl (C=O) groups is 2. The predicted octanol–water partition coefficient (Wildman–Crippen LogP) is 3.79. The van der Waals surface area contributed by atoms with Crippen LogP contribution in [0.3, 0.4) is 0 Å². The summed E-state index contributed by atoms with van der Waals surface area (Å²) in [6.07, 6.45) is 2.27. The fraction of sp³-hybridized carbons (Fsp3) is 0.118. The third-order valence-electron chi connectivity index (χ3n) is 3.87. The van der Waals surface area contributed by atoms with E-state index in [0.29, 0.717) is 29.1 Å². The van der Waals surface area contributed by atoms with Crippen LogP contribution in [0.1, 0.15) is 25.6 Å². The summed E-state index contributed by atoms with van der Waals surface area (Å²) in [6, 6.07) is 10.6. The van der Waals surface area contributed by atoms with Gasteiger partial charge in [-0.1, -0.05) is 23.7 Å². The predicted molar refractivity (Wildman–Crippen MR) is 90.1 cm³/mol. The van der Waals surface area contributed by atoms with Gasteiger partial charge in [-0.15, -0.1) is 11.3 Å². The first-order chi connectivity index (χ1) is 11.1. The lowest BCUT2D eigenvalue weighted by Crippen LogP contribution is -2.31. The molecule has 0 bridgehead atoms. The molecule has 23 heavy (non-hydrogen) atoms. The highest BCUT2D eigenvalue weighted by molar-refractivity contribution is 7.19. The van der Waals surface area contributed by atoms with Gasteiger partial charge >= 0.3 is 0 Å². The van der Waals surface area contributed by atoms with Crippen LogP contribution in [0.2, 0.25) is 5.02 Å². The average Bonchev–Trinajstić information content (AvgIpc) is 3.08. The van der Waals surface area contributed by atoms with Crippen LogP contribution >= 0.6 is 22.9 Å². The van der Waals surface area contributed by atoms with E-state index >= 15 is 0 Å². The normalized spacial score (nSPS) is 13.9. The molecule has 0 atom stereocenters. The van der Waals surface area contributed by atoms with Crippen molar-refractivity contribution in [2.75, 3.05) is 6.54 Å². The molecule has 1 aromatic carbocycles. The lowest BCUT2D eigenvalue weighted by molar-refractivity contribution is 0.0656. The number of nitrogens with zero attached hydrogens (tertiary/aromatic N) is 2. The van der Waals surface area contributed by atoms with Crippen molar-refractivity contribution < 1.29 is 9.59 Å². The summed E-state index contributed by atoms with van der Waals surface area (Å²) in [5.74, 6) is -0.439. The summed E-state index contributed by atoms with van der Waals surface area (Å²) in [5, 5.41) is 0.673.